The van der Waals surface area contributed by atoms with Gasteiger partial charge in [-0.25, -0.2) is 9.97 Å². The summed E-state index contributed by atoms with van der Waals surface area (Å²) >= 11 is 6.55. The third kappa shape index (κ3) is 18.9. The molecule has 4 amide bonds. The second-order valence-corrected chi connectivity index (χ2v) is 22.3. The lowest BCUT2D eigenvalue weighted by molar-refractivity contribution is 0.0425. The number of carbonyl (C=O) groups is 4. The molecule has 0 radical (unpaired) electrons. The molecule has 2 fully saturated rings. The number of carbonyl (C=O) groups excluding carboxylic acids is 4. The number of aliphatic hydroxyl groups is 3. The van der Waals surface area contributed by atoms with Crippen molar-refractivity contribution in [3.8, 4) is 11.5 Å². The molecule has 0 bridgehead atoms. The predicted molar refractivity (Wildman–Crippen MR) is 324 cm³/mol. The molecule has 4 aliphatic heterocycles. The van der Waals surface area contributed by atoms with Gasteiger partial charge < -0.3 is 35.0 Å². The number of imide groups is 2. The highest BCUT2D eigenvalue weighted by atomic mass is 79.9. The molecule has 0 saturated carbocycles. The summed E-state index contributed by atoms with van der Waals surface area (Å²) in [5.74, 6) is 0.704. The van der Waals surface area contributed by atoms with Crippen LogP contribution in [-0.2, 0) is 0 Å². The van der Waals surface area contributed by atoms with E-state index in [2.05, 4.69) is 71.6 Å². The summed E-state index contributed by atoms with van der Waals surface area (Å²) in [6.45, 7) is 26.5. The fourth-order valence-corrected chi connectivity index (χ4v) is 11.3. The SMILES string of the molecule is C.CCN(CC)CC.CCO.Cc1nc2cc(OC[C@H](O)CN3CCN(CCN4C(=O)c5ccccc5C4=O)CC3)ccc2s1.Cc1nc2cc(OC[C@H](O)CN3CCNCC3)ccc2s1.O=C1c2ccccc2C(=O)N1CCBr. The third-order valence-electron chi connectivity index (χ3n) is 13.5. The van der Waals surface area contributed by atoms with Crippen molar-refractivity contribution in [2.75, 3.05) is 130 Å². The number of hydrogen-bond donors (Lipinski definition) is 4. The Kier molecular flexibility index (Phi) is 27.5. The second-order valence-electron chi connectivity index (χ2n) is 19.1. The van der Waals surface area contributed by atoms with Crippen LogP contribution in [0.25, 0.3) is 20.4 Å². The van der Waals surface area contributed by atoms with Gasteiger partial charge in [0.15, 0.2) is 0 Å². The Morgan fingerprint density at radius 3 is 1.34 bits per heavy atom. The summed E-state index contributed by atoms with van der Waals surface area (Å²) in [7, 11) is 0. The Morgan fingerprint density at radius 1 is 0.588 bits per heavy atom. The largest absolute Gasteiger partial charge is 0.491 e. The number of rotatable bonds is 18. The lowest BCUT2D eigenvalue weighted by Gasteiger charge is -2.36. The maximum Gasteiger partial charge on any atom is 0.261 e. The Balaban J connectivity index is 0.000000217. The maximum absolute atomic E-state index is 12.5. The molecule has 4 aliphatic rings. The van der Waals surface area contributed by atoms with Crippen LogP contribution in [0.5, 0.6) is 11.5 Å². The summed E-state index contributed by atoms with van der Waals surface area (Å²) in [6.07, 6.45) is -1.05. The highest BCUT2D eigenvalue weighted by Gasteiger charge is 2.36. The van der Waals surface area contributed by atoms with Gasteiger partial charge in [0.05, 0.1) is 52.7 Å². The van der Waals surface area contributed by atoms with Gasteiger partial charge in [-0.15, -0.1) is 22.7 Å². The highest BCUT2D eigenvalue weighted by molar-refractivity contribution is 9.09. The first-order chi connectivity index (χ1) is 38.2. The van der Waals surface area contributed by atoms with Crippen molar-refractivity contribution in [2.45, 2.75) is 61.2 Å². The number of nitrogens with zero attached hydrogens (tertiary/aromatic N) is 8. The lowest BCUT2D eigenvalue weighted by Crippen LogP contribution is -2.51. The van der Waals surface area contributed by atoms with Gasteiger partial charge in [0, 0.05) is 109 Å². The summed E-state index contributed by atoms with van der Waals surface area (Å²) in [6, 6.07) is 25.6. The number of aliphatic hydroxyl groups excluding tert-OH is 3. The minimum absolute atomic E-state index is 0. The molecule has 0 spiro atoms. The average Bonchev–Trinajstić information content (AvgIpc) is 4.18. The van der Waals surface area contributed by atoms with E-state index in [1.807, 2.05) is 50.2 Å². The number of β-amino-alcohol motifs (C(OH)–C–C–N with tert-alkyl or cyclic N) is 2. The number of hydrogen-bond acceptors (Lipinski definition) is 18. The Labute approximate surface area is 488 Å². The van der Waals surface area contributed by atoms with E-state index in [1.54, 1.807) is 78.1 Å². The van der Waals surface area contributed by atoms with Crippen LogP contribution in [0.1, 0.15) is 86.6 Å². The normalized spacial score (nSPS) is 16.1. The number of thiazole rings is 2. The minimum Gasteiger partial charge on any atom is -0.491 e. The Morgan fingerprint density at radius 2 is 0.963 bits per heavy atom. The molecule has 436 valence electrons. The first-order valence-corrected chi connectivity index (χ1v) is 30.0. The van der Waals surface area contributed by atoms with Gasteiger partial charge in [-0.05, 0) is 88.9 Å². The van der Waals surface area contributed by atoms with E-state index >= 15 is 0 Å². The van der Waals surface area contributed by atoms with Gasteiger partial charge in [0.2, 0.25) is 0 Å². The molecule has 10 rings (SSSR count). The number of fused-ring (bicyclic) bond motifs is 4. The molecule has 0 aliphatic carbocycles. The Bertz CT molecular complexity index is 2810. The van der Waals surface area contributed by atoms with E-state index < -0.39 is 12.2 Å². The average molecular weight is 1210 g/mol. The van der Waals surface area contributed by atoms with Gasteiger partial charge in [0.1, 0.15) is 36.9 Å². The van der Waals surface area contributed by atoms with Gasteiger partial charge in [-0.1, -0.05) is 68.4 Å². The standard InChI is InChI=1S/C25H28N4O4S.C15H21N3O2S.C10H8BrNO2.C6H15N.C2H6O.CH4/c1-17-26-22-14-19(6-7-23(22)34-17)33-16-18(30)15-28-10-8-27(9-11-28)12-13-29-24(31)20-4-2-3-5-21(20)25(29)32;1-11-17-14-8-13(2-3-15(14)21-11)20-10-12(19)9-18-6-4-16-5-7-18;11-5-6-12-9(13)7-3-1-2-4-8(7)10(12)14;1-4-7(5-2)6-3;1-2-3;/h2-7,14,18,30H,8-13,15-16H2,1H3;2-3,8,12,16,19H,4-7,9-10H2,1H3;1-4H,5-6H2;4-6H2,1-3H3;3H,2H2,1H3;1H4/t18-;12-;;;;/m11..../s1. The number of amides is 4. The maximum atomic E-state index is 12.5. The van der Waals surface area contributed by atoms with E-state index in [1.165, 1.54) is 34.1 Å². The predicted octanol–water partition coefficient (Wildman–Crippen LogP) is 7.17. The number of piperazine rings is 2. The van der Waals surface area contributed by atoms with Crippen LogP contribution in [-0.4, -0.2) is 220 Å². The van der Waals surface area contributed by atoms with Crippen LogP contribution in [0.4, 0.5) is 0 Å². The van der Waals surface area contributed by atoms with Crippen LogP contribution in [0.3, 0.4) is 0 Å². The molecule has 18 nitrogen and oxygen atoms in total. The van der Waals surface area contributed by atoms with Crippen LogP contribution >= 0.6 is 38.6 Å². The van der Waals surface area contributed by atoms with E-state index in [0.29, 0.717) is 66.9 Å². The fourth-order valence-electron chi connectivity index (χ4n) is 9.28. The van der Waals surface area contributed by atoms with Gasteiger partial charge in [0.25, 0.3) is 23.6 Å². The fraction of sp³-hybridized carbons (Fsp3) is 0.492. The number of nitrogens with one attached hydrogen (secondary N) is 1. The van der Waals surface area contributed by atoms with Crippen molar-refractivity contribution in [1.82, 2.24) is 44.7 Å². The lowest BCUT2D eigenvalue weighted by atomic mass is 10.1. The first-order valence-electron chi connectivity index (χ1n) is 27.2. The molecule has 2 saturated heterocycles. The van der Waals surface area contributed by atoms with E-state index in [4.69, 9.17) is 14.6 Å². The van der Waals surface area contributed by atoms with E-state index in [-0.39, 0.29) is 44.3 Å². The molecular formula is C59H82BrN9O9S2. The number of aromatic nitrogens is 2. The summed E-state index contributed by atoms with van der Waals surface area (Å²) in [5.41, 5.74) is 3.90. The highest BCUT2D eigenvalue weighted by Crippen LogP contribution is 2.28. The van der Waals surface area contributed by atoms with E-state index in [0.717, 1.165) is 89.6 Å². The number of alkyl halides is 1. The summed E-state index contributed by atoms with van der Waals surface area (Å²) < 4.78 is 13.8. The zero-order valence-electron chi connectivity index (χ0n) is 46.4. The van der Waals surface area contributed by atoms with Crippen molar-refractivity contribution >= 4 is 82.7 Å². The van der Waals surface area contributed by atoms with Crippen molar-refractivity contribution in [2.24, 2.45) is 0 Å². The number of benzene rings is 4. The zero-order chi connectivity index (χ0) is 56.8. The van der Waals surface area contributed by atoms with Crippen molar-refractivity contribution in [3.63, 3.8) is 0 Å². The zero-order valence-corrected chi connectivity index (χ0v) is 49.7. The molecule has 6 heterocycles. The van der Waals surface area contributed by atoms with E-state index in [9.17, 15) is 29.4 Å². The van der Waals surface area contributed by atoms with Crippen LogP contribution in [0, 0.1) is 13.8 Å². The first kappa shape index (κ1) is 65.5. The van der Waals surface area contributed by atoms with Crippen molar-refractivity contribution in [3.05, 3.63) is 117 Å². The Hall–Kier alpha value is -5.30. The monoisotopic (exact) mass is 1200 g/mol. The molecule has 2 atom stereocenters. The summed E-state index contributed by atoms with van der Waals surface area (Å²) in [4.78, 5) is 69.1. The second kappa shape index (κ2) is 33.6. The van der Waals surface area contributed by atoms with Gasteiger partial charge in [-0.3, -0.25) is 43.7 Å². The number of aryl methyl sites for hydroxylation is 2. The van der Waals surface area contributed by atoms with Gasteiger partial charge in [-0.2, -0.15) is 0 Å². The molecule has 21 heteroatoms. The molecule has 0 unspecified atom stereocenters. The minimum atomic E-state index is -0.585. The molecule has 4 N–H and O–H groups in total. The molecule has 6 aromatic rings. The molecule has 80 heavy (non-hydrogen) atoms. The quantitative estimate of drug-likeness (QED) is 0.0498. The summed E-state index contributed by atoms with van der Waals surface area (Å²) in [5, 5.41) is 34.1. The third-order valence-corrected chi connectivity index (χ3v) is 15.7. The van der Waals surface area contributed by atoms with Crippen LogP contribution in [0.2, 0.25) is 0 Å². The van der Waals surface area contributed by atoms with Crippen LogP contribution < -0.4 is 14.8 Å². The number of ether oxygens (including phenoxy) is 2. The van der Waals surface area contributed by atoms with Crippen molar-refractivity contribution in [1.29, 1.82) is 0 Å². The topological polar surface area (TPSA) is 205 Å². The van der Waals surface area contributed by atoms with Crippen molar-refractivity contribution < 1.29 is 44.0 Å². The smallest absolute Gasteiger partial charge is 0.261 e. The number of halogens is 1. The molecule has 4 aromatic carbocycles. The van der Waals surface area contributed by atoms with Crippen LogP contribution in [0.15, 0.2) is 84.9 Å². The molecule has 2 aromatic heterocycles. The van der Waals surface area contributed by atoms with Gasteiger partial charge >= 0.3 is 0 Å². The molecular weight excluding hydrogens is 1120 g/mol.